The van der Waals surface area contributed by atoms with Crippen LogP contribution in [-0.2, 0) is 6.18 Å². The second-order valence-corrected chi connectivity index (χ2v) is 3.95. The zero-order chi connectivity index (χ0) is 14.8. The van der Waals surface area contributed by atoms with E-state index in [2.05, 4.69) is 15.3 Å². The zero-order valence-corrected chi connectivity index (χ0v) is 10.8. The fourth-order valence-corrected chi connectivity index (χ4v) is 1.68. The lowest BCUT2D eigenvalue weighted by Gasteiger charge is -2.11. The molecular formula is C13H12F3N3O. The van der Waals surface area contributed by atoms with E-state index in [0.717, 1.165) is 11.9 Å². The van der Waals surface area contributed by atoms with Gasteiger partial charge in [0.1, 0.15) is 5.75 Å². The molecule has 2 rings (SSSR count). The summed E-state index contributed by atoms with van der Waals surface area (Å²) >= 11 is 0. The lowest BCUT2D eigenvalue weighted by Crippen LogP contribution is -2.08. The van der Waals surface area contributed by atoms with Crippen molar-refractivity contribution in [1.29, 1.82) is 0 Å². The third-order valence-corrected chi connectivity index (χ3v) is 2.71. The molecule has 0 bridgehead atoms. The van der Waals surface area contributed by atoms with Gasteiger partial charge in [-0.15, -0.1) is 0 Å². The summed E-state index contributed by atoms with van der Waals surface area (Å²) in [6.07, 6.45) is -2.70. The number of hydrogen-bond acceptors (Lipinski definition) is 4. The maximum atomic E-state index is 12.4. The molecular weight excluding hydrogens is 271 g/mol. The quantitative estimate of drug-likeness (QED) is 0.939. The molecule has 0 fully saturated rings. The normalized spacial score (nSPS) is 11.2. The molecule has 106 valence electrons. The summed E-state index contributed by atoms with van der Waals surface area (Å²) in [5, 5.41) is 2.94. The molecule has 2 aromatic rings. The summed E-state index contributed by atoms with van der Waals surface area (Å²) in [5.74, 6) is 0.512. The molecule has 0 aliphatic heterocycles. The van der Waals surface area contributed by atoms with Crippen LogP contribution in [0.4, 0.5) is 18.9 Å². The van der Waals surface area contributed by atoms with Gasteiger partial charge in [0.05, 0.1) is 25.2 Å². The fourth-order valence-electron chi connectivity index (χ4n) is 1.68. The number of alkyl halides is 3. The number of rotatable bonds is 3. The van der Waals surface area contributed by atoms with Crippen LogP contribution in [0.15, 0.2) is 30.6 Å². The van der Waals surface area contributed by atoms with Crippen molar-refractivity contribution in [3.63, 3.8) is 0 Å². The molecule has 0 saturated heterocycles. The Balaban J connectivity index is 2.45. The van der Waals surface area contributed by atoms with Crippen molar-refractivity contribution in [1.82, 2.24) is 9.97 Å². The number of halogens is 3. The Labute approximate surface area is 113 Å². The Morgan fingerprint density at radius 2 is 1.90 bits per heavy atom. The number of ether oxygens (including phenoxy) is 1. The monoisotopic (exact) mass is 283 g/mol. The van der Waals surface area contributed by atoms with E-state index in [1.807, 2.05) is 0 Å². The van der Waals surface area contributed by atoms with Gasteiger partial charge in [-0.1, -0.05) is 0 Å². The van der Waals surface area contributed by atoms with E-state index in [9.17, 15) is 13.2 Å². The molecule has 0 atom stereocenters. The first-order valence-electron chi connectivity index (χ1n) is 5.71. The minimum absolute atomic E-state index is 0.312. The average molecular weight is 283 g/mol. The Bertz CT molecular complexity index is 597. The molecule has 1 N–H and O–H groups in total. The van der Waals surface area contributed by atoms with Gasteiger partial charge in [0.25, 0.3) is 0 Å². The van der Waals surface area contributed by atoms with Gasteiger partial charge in [0.2, 0.25) is 0 Å². The summed E-state index contributed by atoms with van der Waals surface area (Å²) in [5.41, 5.74) is 0.653. The summed E-state index contributed by atoms with van der Waals surface area (Å²) in [6.45, 7) is 0. The summed E-state index contributed by atoms with van der Waals surface area (Å²) in [7, 11) is 3.22. The first-order valence-corrected chi connectivity index (χ1v) is 5.71. The minimum Gasteiger partial charge on any atom is -0.496 e. The SMILES string of the molecule is CNc1ccc(OC)c(-c2cnc(C(F)(F)F)cn2)c1. The Morgan fingerprint density at radius 3 is 2.40 bits per heavy atom. The highest BCUT2D eigenvalue weighted by Crippen LogP contribution is 2.32. The standard InChI is InChI=1S/C13H12F3N3O/c1-17-8-3-4-11(20-2)9(5-8)10-6-19-12(7-18-10)13(14,15)16/h3-7,17H,1-2H3. The molecule has 1 aromatic carbocycles. The van der Waals surface area contributed by atoms with Gasteiger partial charge in [-0.2, -0.15) is 13.2 Å². The number of methoxy groups -OCH3 is 1. The van der Waals surface area contributed by atoms with Crippen molar-refractivity contribution in [2.45, 2.75) is 6.18 Å². The number of nitrogens with one attached hydrogen (secondary N) is 1. The first kappa shape index (κ1) is 14.1. The maximum absolute atomic E-state index is 12.4. The molecule has 1 heterocycles. The molecule has 4 nitrogen and oxygen atoms in total. The highest BCUT2D eigenvalue weighted by Gasteiger charge is 2.32. The predicted octanol–water partition coefficient (Wildman–Crippen LogP) is 3.21. The van der Waals surface area contributed by atoms with E-state index < -0.39 is 11.9 Å². The average Bonchev–Trinajstić information content (AvgIpc) is 2.45. The van der Waals surface area contributed by atoms with Gasteiger partial charge in [-0.3, -0.25) is 4.98 Å². The summed E-state index contributed by atoms with van der Waals surface area (Å²) < 4.78 is 42.5. The number of aromatic nitrogens is 2. The lowest BCUT2D eigenvalue weighted by atomic mass is 10.1. The van der Waals surface area contributed by atoms with Gasteiger partial charge in [0, 0.05) is 18.3 Å². The minimum atomic E-state index is -4.50. The second-order valence-electron chi connectivity index (χ2n) is 3.95. The highest BCUT2D eigenvalue weighted by molar-refractivity contribution is 5.71. The van der Waals surface area contributed by atoms with Gasteiger partial charge >= 0.3 is 6.18 Å². The Hall–Kier alpha value is -2.31. The van der Waals surface area contributed by atoms with Crippen LogP contribution in [0.25, 0.3) is 11.3 Å². The smallest absolute Gasteiger partial charge is 0.434 e. The van der Waals surface area contributed by atoms with Crippen molar-refractivity contribution < 1.29 is 17.9 Å². The number of nitrogens with zero attached hydrogens (tertiary/aromatic N) is 2. The number of hydrogen-bond donors (Lipinski definition) is 1. The van der Waals surface area contributed by atoms with E-state index in [0.29, 0.717) is 23.2 Å². The lowest BCUT2D eigenvalue weighted by molar-refractivity contribution is -0.141. The third-order valence-electron chi connectivity index (χ3n) is 2.71. The van der Waals surface area contributed by atoms with Crippen LogP contribution in [0.2, 0.25) is 0 Å². The zero-order valence-electron chi connectivity index (χ0n) is 10.8. The topological polar surface area (TPSA) is 47.0 Å². The molecule has 0 radical (unpaired) electrons. The van der Waals surface area contributed by atoms with Crippen LogP contribution in [0, 0.1) is 0 Å². The van der Waals surface area contributed by atoms with Crippen LogP contribution < -0.4 is 10.1 Å². The molecule has 1 aromatic heterocycles. The molecule has 0 aliphatic rings. The largest absolute Gasteiger partial charge is 0.496 e. The molecule has 0 unspecified atom stereocenters. The van der Waals surface area contributed by atoms with Crippen molar-refractivity contribution in [3.8, 4) is 17.0 Å². The fraction of sp³-hybridized carbons (Fsp3) is 0.231. The molecule has 20 heavy (non-hydrogen) atoms. The van der Waals surface area contributed by atoms with Crippen LogP contribution >= 0.6 is 0 Å². The van der Waals surface area contributed by atoms with E-state index in [1.54, 1.807) is 25.2 Å². The molecule has 0 spiro atoms. The first-order chi connectivity index (χ1) is 9.45. The van der Waals surface area contributed by atoms with Crippen molar-refractivity contribution in [2.75, 3.05) is 19.5 Å². The molecule has 0 aliphatic carbocycles. The number of benzene rings is 1. The Morgan fingerprint density at radius 1 is 1.15 bits per heavy atom. The van der Waals surface area contributed by atoms with Gasteiger partial charge in [0.15, 0.2) is 5.69 Å². The summed E-state index contributed by atoms with van der Waals surface area (Å²) in [6, 6.07) is 5.23. The highest BCUT2D eigenvalue weighted by atomic mass is 19.4. The van der Waals surface area contributed by atoms with Crippen LogP contribution in [0.3, 0.4) is 0 Å². The summed E-state index contributed by atoms with van der Waals surface area (Å²) in [4.78, 5) is 7.20. The third kappa shape index (κ3) is 2.81. The molecule has 7 heteroatoms. The van der Waals surface area contributed by atoms with Crippen LogP contribution in [0.5, 0.6) is 5.75 Å². The van der Waals surface area contributed by atoms with E-state index in [4.69, 9.17) is 4.74 Å². The van der Waals surface area contributed by atoms with E-state index in [-0.39, 0.29) is 0 Å². The van der Waals surface area contributed by atoms with Gasteiger partial charge in [-0.05, 0) is 18.2 Å². The van der Waals surface area contributed by atoms with Crippen LogP contribution in [0.1, 0.15) is 5.69 Å². The molecule has 0 amide bonds. The Kier molecular flexibility index (Phi) is 3.78. The van der Waals surface area contributed by atoms with Crippen molar-refractivity contribution in [2.24, 2.45) is 0 Å². The van der Waals surface area contributed by atoms with Gasteiger partial charge < -0.3 is 10.1 Å². The second kappa shape index (κ2) is 5.36. The van der Waals surface area contributed by atoms with Crippen molar-refractivity contribution in [3.05, 3.63) is 36.3 Å². The maximum Gasteiger partial charge on any atom is 0.434 e. The predicted molar refractivity (Wildman–Crippen MR) is 68.6 cm³/mol. The van der Waals surface area contributed by atoms with Crippen LogP contribution in [-0.4, -0.2) is 24.1 Å². The van der Waals surface area contributed by atoms with E-state index in [1.165, 1.54) is 7.11 Å². The van der Waals surface area contributed by atoms with Crippen molar-refractivity contribution >= 4 is 5.69 Å². The van der Waals surface area contributed by atoms with Gasteiger partial charge in [-0.25, -0.2) is 4.98 Å². The molecule has 0 saturated carbocycles. The number of anilines is 1. The van der Waals surface area contributed by atoms with E-state index >= 15 is 0 Å².